The lowest BCUT2D eigenvalue weighted by molar-refractivity contribution is -0.119. The van der Waals surface area contributed by atoms with E-state index < -0.39 is 11.2 Å². The van der Waals surface area contributed by atoms with Gasteiger partial charge in [-0.15, -0.1) is 0 Å². The topological polar surface area (TPSA) is 118 Å². The summed E-state index contributed by atoms with van der Waals surface area (Å²) in [4.78, 5) is 42.7. The summed E-state index contributed by atoms with van der Waals surface area (Å²) in [5, 5.41) is 0. The van der Waals surface area contributed by atoms with E-state index in [0.29, 0.717) is 13.1 Å². The zero-order valence-corrected chi connectivity index (χ0v) is 16.9. The lowest BCUT2D eigenvalue weighted by Gasteiger charge is -2.25. The molecule has 9 nitrogen and oxygen atoms in total. The molecule has 0 unspecified atom stereocenters. The van der Waals surface area contributed by atoms with Crippen LogP contribution in [0.1, 0.15) is 38.2 Å². The molecular formula is C19H29N5O4. The van der Waals surface area contributed by atoms with Crippen LogP contribution in [0.2, 0.25) is 0 Å². The molecule has 0 radical (unpaired) electrons. The molecule has 0 fully saturated rings. The van der Waals surface area contributed by atoms with Crippen LogP contribution < -0.4 is 21.9 Å². The number of furan rings is 1. The molecule has 0 aliphatic rings. The lowest BCUT2D eigenvalue weighted by Crippen LogP contribution is -2.44. The van der Waals surface area contributed by atoms with Crippen molar-refractivity contribution in [3.63, 3.8) is 0 Å². The molecule has 0 atom stereocenters. The first-order chi connectivity index (χ1) is 13.3. The summed E-state index contributed by atoms with van der Waals surface area (Å²) < 4.78 is 6.84. The molecule has 2 rings (SSSR count). The summed E-state index contributed by atoms with van der Waals surface area (Å²) in [6.45, 7) is 6.77. The van der Waals surface area contributed by atoms with Crippen LogP contribution in [-0.2, 0) is 17.9 Å². The highest BCUT2D eigenvalue weighted by molar-refractivity contribution is 5.96. The van der Waals surface area contributed by atoms with Gasteiger partial charge in [-0.1, -0.05) is 13.3 Å². The highest BCUT2D eigenvalue weighted by atomic mass is 16.3. The van der Waals surface area contributed by atoms with Crippen molar-refractivity contribution >= 4 is 17.4 Å². The molecular weight excluding hydrogens is 362 g/mol. The van der Waals surface area contributed by atoms with E-state index in [1.807, 2.05) is 26.0 Å². The number of hydrogen-bond donors (Lipinski definition) is 2. The average molecular weight is 391 g/mol. The maximum Gasteiger partial charge on any atom is 0.330 e. The molecule has 0 aliphatic carbocycles. The van der Waals surface area contributed by atoms with E-state index in [1.165, 1.54) is 9.47 Å². The number of H-pyrrole nitrogens is 1. The Hall–Kier alpha value is -2.81. The van der Waals surface area contributed by atoms with Crippen molar-refractivity contribution in [1.82, 2.24) is 14.5 Å². The van der Waals surface area contributed by atoms with Gasteiger partial charge in [-0.05, 0) is 39.4 Å². The van der Waals surface area contributed by atoms with E-state index >= 15 is 0 Å². The second-order valence-corrected chi connectivity index (χ2v) is 6.82. The largest absolute Gasteiger partial charge is 0.465 e. The molecule has 28 heavy (non-hydrogen) atoms. The van der Waals surface area contributed by atoms with Crippen molar-refractivity contribution in [2.24, 2.45) is 0 Å². The van der Waals surface area contributed by atoms with Crippen molar-refractivity contribution in [1.29, 1.82) is 0 Å². The van der Waals surface area contributed by atoms with Gasteiger partial charge in [-0.2, -0.15) is 0 Å². The van der Waals surface area contributed by atoms with Crippen LogP contribution in [0.25, 0.3) is 0 Å². The molecule has 0 aromatic carbocycles. The summed E-state index contributed by atoms with van der Waals surface area (Å²) in [7, 11) is 1.79. The zero-order chi connectivity index (χ0) is 20.8. The van der Waals surface area contributed by atoms with Gasteiger partial charge in [0.15, 0.2) is 5.69 Å². The number of nitrogen functional groups attached to an aromatic ring is 1. The summed E-state index contributed by atoms with van der Waals surface area (Å²) in [6, 6.07) is 3.73. The monoisotopic (exact) mass is 391 g/mol. The summed E-state index contributed by atoms with van der Waals surface area (Å²) >= 11 is 0. The summed E-state index contributed by atoms with van der Waals surface area (Å²) in [5.41, 5.74) is 4.92. The molecule has 154 valence electrons. The first-order valence-corrected chi connectivity index (χ1v) is 9.45. The number of aromatic amines is 1. The number of carbonyl (C=O) groups is 1. The second kappa shape index (κ2) is 9.41. The lowest BCUT2D eigenvalue weighted by atomic mass is 10.3. The zero-order valence-electron chi connectivity index (χ0n) is 16.9. The minimum absolute atomic E-state index is 0.0155. The number of amides is 1. The van der Waals surface area contributed by atoms with Gasteiger partial charge < -0.3 is 15.1 Å². The Morgan fingerprint density at radius 3 is 2.57 bits per heavy atom. The fourth-order valence-corrected chi connectivity index (χ4v) is 3.04. The van der Waals surface area contributed by atoms with Crippen LogP contribution in [0.4, 0.5) is 11.5 Å². The first kappa shape index (κ1) is 21.5. The second-order valence-electron chi connectivity index (χ2n) is 6.82. The third-order valence-corrected chi connectivity index (χ3v) is 4.46. The van der Waals surface area contributed by atoms with Crippen LogP contribution in [0.15, 0.2) is 26.1 Å². The third-order valence-electron chi connectivity index (χ3n) is 4.46. The molecule has 2 aromatic heterocycles. The molecule has 2 heterocycles. The smallest absolute Gasteiger partial charge is 0.330 e. The molecule has 0 spiro atoms. The molecule has 9 heteroatoms. The number of aryl methyl sites for hydroxylation is 1. The van der Waals surface area contributed by atoms with Gasteiger partial charge in [0.25, 0.3) is 5.56 Å². The third kappa shape index (κ3) is 4.92. The number of nitrogens with one attached hydrogen (secondary N) is 1. The Labute approximate surface area is 163 Å². The van der Waals surface area contributed by atoms with Gasteiger partial charge >= 0.3 is 5.69 Å². The highest BCUT2D eigenvalue weighted by Gasteiger charge is 2.24. The van der Waals surface area contributed by atoms with Crippen molar-refractivity contribution in [3.05, 3.63) is 44.5 Å². The van der Waals surface area contributed by atoms with Crippen LogP contribution in [0.3, 0.4) is 0 Å². The minimum Gasteiger partial charge on any atom is -0.465 e. The van der Waals surface area contributed by atoms with Crippen LogP contribution in [0, 0.1) is 6.92 Å². The van der Waals surface area contributed by atoms with Gasteiger partial charge in [0.1, 0.15) is 17.3 Å². The number of anilines is 2. The Bertz CT molecular complexity index is 927. The number of carbonyl (C=O) groups excluding carboxylic acids is 1. The quantitative estimate of drug-likeness (QED) is 0.665. The van der Waals surface area contributed by atoms with Crippen molar-refractivity contribution in [3.8, 4) is 0 Å². The van der Waals surface area contributed by atoms with Crippen molar-refractivity contribution in [2.45, 2.75) is 46.7 Å². The molecule has 3 N–H and O–H groups in total. The minimum atomic E-state index is -0.658. The van der Waals surface area contributed by atoms with Crippen molar-refractivity contribution < 1.29 is 9.21 Å². The number of likely N-dealkylation sites (N-methyl/N-ethyl adjacent to an activating group) is 2. The van der Waals surface area contributed by atoms with E-state index in [4.69, 9.17) is 10.2 Å². The Balaban J connectivity index is 2.24. The predicted octanol–water partition coefficient (Wildman–Crippen LogP) is 1.31. The molecule has 0 aliphatic heterocycles. The number of nitrogens with zero attached hydrogens (tertiary/aromatic N) is 3. The number of aromatic nitrogens is 2. The fraction of sp³-hybridized carbons (Fsp3) is 0.526. The van der Waals surface area contributed by atoms with Gasteiger partial charge in [-0.3, -0.25) is 24.0 Å². The van der Waals surface area contributed by atoms with Crippen molar-refractivity contribution in [2.75, 3.05) is 30.8 Å². The maximum absolute atomic E-state index is 12.9. The molecule has 2 aromatic rings. The standard InChI is InChI=1S/C19H29N5O4/c1-5-7-10-24-17(20)16(18(26)21-19(24)27)23(6-2)15(25)12-22(4)11-14-9-8-13(3)28-14/h8-9H,5-7,10-12,20H2,1-4H3,(H,21,26,27). The van der Waals surface area contributed by atoms with Crippen LogP contribution >= 0.6 is 0 Å². The van der Waals surface area contributed by atoms with Gasteiger partial charge in [0, 0.05) is 13.1 Å². The van der Waals surface area contributed by atoms with E-state index in [0.717, 1.165) is 24.4 Å². The van der Waals surface area contributed by atoms with Gasteiger partial charge in [0.05, 0.1) is 13.1 Å². The number of rotatable bonds is 9. The Morgan fingerprint density at radius 1 is 1.29 bits per heavy atom. The molecule has 0 saturated carbocycles. The maximum atomic E-state index is 12.9. The summed E-state index contributed by atoms with van der Waals surface area (Å²) in [5.74, 6) is 1.28. The number of unbranched alkanes of at least 4 members (excludes halogenated alkanes) is 1. The fourth-order valence-electron chi connectivity index (χ4n) is 3.04. The molecule has 0 saturated heterocycles. The van der Waals surface area contributed by atoms with Crippen LogP contribution in [0.5, 0.6) is 0 Å². The SMILES string of the molecule is CCCCn1c(N)c(N(CC)C(=O)CN(C)Cc2ccc(C)o2)c(=O)[nH]c1=O. The summed E-state index contributed by atoms with van der Waals surface area (Å²) in [6.07, 6.45) is 1.61. The normalized spacial score (nSPS) is 11.2. The van der Waals surface area contributed by atoms with Gasteiger partial charge in [0.2, 0.25) is 5.91 Å². The van der Waals surface area contributed by atoms with Gasteiger partial charge in [-0.25, -0.2) is 4.79 Å². The predicted molar refractivity (Wildman–Crippen MR) is 108 cm³/mol. The van der Waals surface area contributed by atoms with E-state index in [1.54, 1.807) is 18.9 Å². The highest BCUT2D eigenvalue weighted by Crippen LogP contribution is 2.17. The average Bonchev–Trinajstić information content (AvgIpc) is 3.02. The Morgan fingerprint density at radius 2 is 2.00 bits per heavy atom. The van der Waals surface area contributed by atoms with Crippen LogP contribution in [-0.4, -0.2) is 40.5 Å². The Kier molecular flexibility index (Phi) is 7.22. The number of hydrogen-bond acceptors (Lipinski definition) is 6. The van der Waals surface area contributed by atoms with E-state index in [9.17, 15) is 14.4 Å². The number of nitrogens with two attached hydrogens (primary N) is 1. The molecule has 0 bridgehead atoms. The van der Waals surface area contributed by atoms with E-state index in [2.05, 4.69) is 4.98 Å². The van der Waals surface area contributed by atoms with E-state index in [-0.39, 0.29) is 30.5 Å². The first-order valence-electron chi connectivity index (χ1n) is 9.45. The molecule has 1 amide bonds.